The first kappa shape index (κ1) is 13.2. The molecule has 0 saturated carbocycles. The Bertz CT molecular complexity index is 582. The van der Waals surface area contributed by atoms with Crippen LogP contribution in [-0.2, 0) is 0 Å². The van der Waals surface area contributed by atoms with Crippen LogP contribution in [0.5, 0.6) is 0 Å². The van der Waals surface area contributed by atoms with Crippen LogP contribution in [-0.4, -0.2) is 6.54 Å². The third-order valence-electron chi connectivity index (χ3n) is 3.26. The SMILES string of the molecule is Cc1ccc(NCC(C)c2ccccc2)c(C#N)c1. The monoisotopic (exact) mass is 250 g/mol. The summed E-state index contributed by atoms with van der Waals surface area (Å²) < 4.78 is 0. The third kappa shape index (κ3) is 3.35. The summed E-state index contributed by atoms with van der Waals surface area (Å²) in [5, 5.41) is 12.5. The molecule has 0 fully saturated rings. The summed E-state index contributed by atoms with van der Waals surface area (Å²) in [6, 6.07) is 18.5. The lowest BCUT2D eigenvalue weighted by atomic mass is 10.0. The highest BCUT2D eigenvalue weighted by molar-refractivity contribution is 5.58. The first-order valence-electron chi connectivity index (χ1n) is 6.50. The molecule has 0 spiro atoms. The second-order valence-electron chi connectivity index (χ2n) is 4.85. The van der Waals surface area contributed by atoms with Gasteiger partial charge in [0, 0.05) is 6.54 Å². The predicted octanol–water partition coefficient (Wildman–Crippen LogP) is 4.08. The molecule has 96 valence electrons. The Morgan fingerprint density at radius 1 is 1.16 bits per heavy atom. The summed E-state index contributed by atoms with van der Waals surface area (Å²) in [6.07, 6.45) is 0. The van der Waals surface area contributed by atoms with E-state index in [4.69, 9.17) is 5.26 Å². The van der Waals surface area contributed by atoms with Gasteiger partial charge in [0.2, 0.25) is 0 Å². The van der Waals surface area contributed by atoms with Gasteiger partial charge in [-0.05, 0) is 36.1 Å². The van der Waals surface area contributed by atoms with Gasteiger partial charge in [0.15, 0.2) is 0 Å². The average Bonchev–Trinajstić information content (AvgIpc) is 2.46. The molecule has 2 heteroatoms. The van der Waals surface area contributed by atoms with Gasteiger partial charge < -0.3 is 5.32 Å². The Labute approximate surface area is 114 Å². The molecule has 0 radical (unpaired) electrons. The molecule has 2 nitrogen and oxygen atoms in total. The molecule has 1 atom stereocenters. The maximum absolute atomic E-state index is 9.14. The van der Waals surface area contributed by atoms with E-state index in [1.54, 1.807) is 0 Å². The van der Waals surface area contributed by atoms with Crippen LogP contribution in [0.1, 0.15) is 29.5 Å². The number of rotatable bonds is 4. The van der Waals surface area contributed by atoms with Crippen molar-refractivity contribution in [1.29, 1.82) is 5.26 Å². The molecule has 0 aromatic heterocycles. The van der Waals surface area contributed by atoms with Gasteiger partial charge in [-0.1, -0.05) is 43.3 Å². The van der Waals surface area contributed by atoms with Crippen molar-refractivity contribution in [2.75, 3.05) is 11.9 Å². The smallest absolute Gasteiger partial charge is 0.101 e. The maximum atomic E-state index is 9.14. The van der Waals surface area contributed by atoms with Gasteiger partial charge in [0.05, 0.1) is 11.3 Å². The van der Waals surface area contributed by atoms with Crippen LogP contribution < -0.4 is 5.32 Å². The molecule has 0 heterocycles. The number of hydrogen-bond donors (Lipinski definition) is 1. The summed E-state index contributed by atoms with van der Waals surface area (Å²) in [5.41, 5.74) is 4.04. The molecule has 2 rings (SSSR count). The molecule has 0 bridgehead atoms. The van der Waals surface area contributed by atoms with Crippen LogP contribution in [0.4, 0.5) is 5.69 Å². The molecule has 19 heavy (non-hydrogen) atoms. The van der Waals surface area contributed by atoms with Gasteiger partial charge in [-0.15, -0.1) is 0 Å². The maximum Gasteiger partial charge on any atom is 0.101 e. The van der Waals surface area contributed by atoms with E-state index in [1.807, 2.05) is 31.2 Å². The Morgan fingerprint density at radius 2 is 1.89 bits per heavy atom. The lowest BCUT2D eigenvalue weighted by molar-refractivity contribution is 0.804. The number of nitriles is 1. The standard InChI is InChI=1S/C17H18N2/c1-13-8-9-17(16(10-13)11-18)19-12-14(2)15-6-4-3-5-7-15/h3-10,14,19H,12H2,1-2H3. The zero-order chi connectivity index (χ0) is 13.7. The fraction of sp³-hybridized carbons (Fsp3) is 0.235. The van der Waals surface area contributed by atoms with Crippen molar-refractivity contribution in [2.45, 2.75) is 19.8 Å². The minimum Gasteiger partial charge on any atom is -0.383 e. The normalized spacial score (nSPS) is 11.6. The van der Waals surface area contributed by atoms with E-state index in [0.29, 0.717) is 11.5 Å². The lowest BCUT2D eigenvalue weighted by Crippen LogP contribution is -2.10. The van der Waals surface area contributed by atoms with Crippen molar-refractivity contribution in [3.63, 3.8) is 0 Å². The zero-order valence-electron chi connectivity index (χ0n) is 11.4. The molecule has 2 aromatic rings. The number of anilines is 1. The van der Waals surface area contributed by atoms with E-state index in [9.17, 15) is 0 Å². The summed E-state index contributed by atoms with van der Waals surface area (Å²) in [6.45, 7) is 5.00. The van der Waals surface area contributed by atoms with E-state index in [0.717, 1.165) is 17.8 Å². The Morgan fingerprint density at radius 3 is 2.58 bits per heavy atom. The van der Waals surface area contributed by atoms with Gasteiger partial charge in [-0.3, -0.25) is 0 Å². The minimum atomic E-state index is 0.411. The number of nitrogens with one attached hydrogen (secondary N) is 1. The third-order valence-corrected chi connectivity index (χ3v) is 3.26. The highest BCUT2D eigenvalue weighted by Crippen LogP contribution is 2.19. The van der Waals surface area contributed by atoms with Crippen molar-refractivity contribution in [1.82, 2.24) is 0 Å². The summed E-state index contributed by atoms with van der Waals surface area (Å²) in [4.78, 5) is 0. The summed E-state index contributed by atoms with van der Waals surface area (Å²) in [5.74, 6) is 0.411. The molecule has 1 N–H and O–H groups in total. The highest BCUT2D eigenvalue weighted by Gasteiger charge is 2.06. The summed E-state index contributed by atoms with van der Waals surface area (Å²) in [7, 11) is 0. The highest BCUT2D eigenvalue weighted by atomic mass is 14.9. The van der Waals surface area contributed by atoms with Gasteiger partial charge in [0.25, 0.3) is 0 Å². The van der Waals surface area contributed by atoms with E-state index in [2.05, 4.69) is 42.6 Å². The van der Waals surface area contributed by atoms with Crippen LogP contribution in [0.15, 0.2) is 48.5 Å². The fourth-order valence-electron chi connectivity index (χ4n) is 2.07. The predicted molar refractivity (Wildman–Crippen MR) is 79.2 cm³/mol. The molecule has 2 aromatic carbocycles. The van der Waals surface area contributed by atoms with Gasteiger partial charge in [-0.25, -0.2) is 0 Å². The van der Waals surface area contributed by atoms with Gasteiger partial charge in [0.1, 0.15) is 6.07 Å². The number of hydrogen-bond acceptors (Lipinski definition) is 2. The second-order valence-corrected chi connectivity index (χ2v) is 4.85. The molecule has 0 aliphatic heterocycles. The van der Waals surface area contributed by atoms with Gasteiger partial charge >= 0.3 is 0 Å². The number of benzene rings is 2. The average molecular weight is 250 g/mol. The largest absolute Gasteiger partial charge is 0.383 e. The van der Waals surface area contributed by atoms with Crippen LogP contribution in [0.2, 0.25) is 0 Å². The molecule has 0 amide bonds. The number of nitrogens with zero attached hydrogens (tertiary/aromatic N) is 1. The Kier molecular flexibility index (Phi) is 4.20. The Hall–Kier alpha value is -2.27. The van der Waals surface area contributed by atoms with Crippen LogP contribution in [0, 0.1) is 18.3 Å². The fourth-order valence-corrected chi connectivity index (χ4v) is 2.07. The van der Waals surface area contributed by atoms with Crippen LogP contribution >= 0.6 is 0 Å². The Balaban J connectivity index is 2.05. The van der Waals surface area contributed by atoms with Crippen molar-refractivity contribution in [3.05, 3.63) is 65.2 Å². The molecular formula is C17H18N2. The van der Waals surface area contributed by atoms with E-state index < -0.39 is 0 Å². The molecule has 0 aliphatic carbocycles. The molecular weight excluding hydrogens is 232 g/mol. The lowest BCUT2D eigenvalue weighted by Gasteiger charge is -2.15. The van der Waals surface area contributed by atoms with Crippen molar-refractivity contribution in [2.24, 2.45) is 0 Å². The zero-order valence-corrected chi connectivity index (χ0v) is 11.4. The van der Waals surface area contributed by atoms with Crippen LogP contribution in [0.3, 0.4) is 0 Å². The van der Waals surface area contributed by atoms with E-state index in [1.165, 1.54) is 5.56 Å². The topological polar surface area (TPSA) is 35.8 Å². The van der Waals surface area contributed by atoms with Gasteiger partial charge in [-0.2, -0.15) is 5.26 Å². The molecule has 0 saturated heterocycles. The summed E-state index contributed by atoms with van der Waals surface area (Å²) >= 11 is 0. The first-order valence-corrected chi connectivity index (χ1v) is 6.50. The van der Waals surface area contributed by atoms with E-state index in [-0.39, 0.29) is 0 Å². The first-order chi connectivity index (χ1) is 9.20. The van der Waals surface area contributed by atoms with Crippen molar-refractivity contribution < 1.29 is 0 Å². The molecule has 0 aliphatic rings. The second kappa shape index (κ2) is 6.06. The van der Waals surface area contributed by atoms with Crippen LogP contribution in [0.25, 0.3) is 0 Å². The van der Waals surface area contributed by atoms with E-state index >= 15 is 0 Å². The van der Waals surface area contributed by atoms with Crippen molar-refractivity contribution in [3.8, 4) is 6.07 Å². The minimum absolute atomic E-state index is 0.411. The number of aryl methyl sites for hydroxylation is 1. The quantitative estimate of drug-likeness (QED) is 0.887. The van der Waals surface area contributed by atoms with Crippen molar-refractivity contribution >= 4 is 5.69 Å². The molecule has 1 unspecified atom stereocenters.